The molecule has 0 aliphatic rings. The standard InChI is InChI=1S/C23H19BrClFN2O3S/c1-30-21-11-15(10-19(24)23(21)31-13-16-4-2-3-5-20(16)26)12-27-28-22(29)14-32-18-8-6-17(25)7-9-18/h2-12H,13-14H2,1H3,(H,28,29)/b27-12-. The summed E-state index contributed by atoms with van der Waals surface area (Å²) in [5, 5.41) is 4.64. The summed E-state index contributed by atoms with van der Waals surface area (Å²) in [5.74, 6) is 0.529. The van der Waals surface area contributed by atoms with Gasteiger partial charge in [0.25, 0.3) is 0 Å². The molecule has 0 saturated heterocycles. The number of carbonyl (C=O) groups excluding carboxylic acids is 1. The Balaban J connectivity index is 1.58. The van der Waals surface area contributed by atoms with Crippen molar-refractivity contribution in [3.63, 3.8) is 0 Å². The van der Waals surface area contributed by atoms with Crippen LogP contribution in [0, 0.1) is 5.82 Å². The van der Waals surface area contributed by atoms with Crippen LogP contribution in [0.2, 0.25) is 5.02 Å². The van der Waals surface area contributed by atoms with Crippen LogP contribution in [-0.4, -0.2) is 25.0 Å². The van der Waals surface area contributed by atoms with Crippen LogP contribution in [0.5, 0.6) is 11.5 Å². The van der Waals surface area contributed by atoms with Gasteiger partial charge in [-0.25, -0.2) is 9.82 Å². The van der Waals surface area contributed by atoms with E-state index < -0.39 is 0 Å². The Kier molecular flexibility index (Phi) is 8.96. The van der Waals surface area contributed by atoms with Gasteiger partial charge in [0.15, 0.2) is 11.5 Å². The lowest BCUT2D eigenvalue weighted by atomic mass is 10.2. The van der Waals surface area contributed by atoms with Crippen LogP contribution in [0.25, 0.3) is 0 Å². The first-order chi connectivity index (χ1) is 15.5. The number of nitrogens with one attached hydrogen (secondary N) is 1. The molecule has 166 valence electrons. The van der Waals surface area contributed by atoms with Crippen molar-refractivity contribution < 1.29 is 18.7 Å². The molecule has 32 heavy (non-hydrogen) atoms. The number of hydrazone groups is 1. The zero-order chi connectivity index (χ0) is 22.9. The van der Waals surface area contributed by atoms with Crippen molar-refractivity contribution in [3.8, 4) is 11.5 Å². The highest BCUT2D eigenvalue weighted by Gasteiger charge is 2.13. The molecule has 1 N–H and O–H groups in total. The van der Waals surface area contributed by atoms with Gasteiger partial charge in [-0.1, -0.05) is 29.8 Å². The van der Waals surface area contributed by atoms with Crippen LogP contribution >= 0.6 is 39.3 Å². The number of benzene rings is 3. The Bertz CT molecular complexity index is 1110. The van der Waals surface area contributed by atoms with E-state index in [0.29, 0.717) is 32.1 Å². The first-order valence-electron chi connectivity index (χ1n) is 9.40. The molecule has 3 rings (SSSR count). The van der Waals surface area contributed by atoms with Crippen molar-refractivity contribution in [2.75, 3.05) is 12.9 Å². The summed E-state index contributed by atoms with van der Waals surface area (Å²) >= 11 is 10.7. The lowest BCUT2D eigenvalue weighted by Gasteiger charge is -2.14. The highest BCUT2D eigenvalue weighted by molar-refractivity contribution is 9.10. The van der Waals surface area contributed by atoms with Crippen molar-refractivity contribution in [3.05, 3.63) is 87.1 Å². The zero-order valence-corrected chi connectivity index (χ0v) is 20.1. The lowest BCUT2D eigenvalue weighted by molar-refractivity contribution is -0.118. The van der Waals surface area contributed by atoms with Gasteiger partial charge in [-0.2, -0.15) is 5.10 Å². The molecule has 0 atom stereocenters. The molecule has 0 fully saturated rings. The smallest absolute Gasteiger partial charge is 0.250 e. The van der Waals surface area contributed by atoms with Gasteiger partial charge in [0.05, 0.1) is 23.5 Å². The van der Waals surface area contributed by atoms with Gasteiger partial charge in [-0.15, -0.1) is 11.8 Å². The molecule has 0 spiro atoms. The van der Waals surface area contributed by atoms with Crippen LogP contribution in [-0.2, 0) is 11.4 Å². The number of hydrogen-bond donors (Lipinski definition) is 1. The molecule has 0 saturated carbocycles. The fourth-order valence-electron chi connectivity index (χ4n) is 2.61. The molecule has 3 aromatic carbocycles. The van der Waals surface area contributed by atoms with Gasteiger partial charge in [-0.3, -0.25) is 4.79 Å². The number of thioether (sulfide) groups is 1. The second-order valence-corrected chi connectivity index (χ2v) is 8.79. The number of carbonyl (C=O) groups is 1. The van der Waals surface area contributed by atoms with Crippen molar-refractivity contribution in [1.29, 1.82) is 0 Å². The van der Waals surface area contributed by atoms with Gasteiger partial charge in [0, 0.05) is 15.5 Å². The predicted octanol–water partition coefficient (Wildman–Crippen LogP) is 6.07. The van der Waals surface area contributed by atoms with Crippen LogP contribution in [0.15, 0.2) is 75.1 Å². The maximum absolute atomic E-state index is 13.8. The summed E-state index contributed by atoms with van der Waals surface area (Å²) in [6, 6.07) is 17.1. The predicted molar refractivity (Wildman–Crippen MR) is 129 cm³/mol. The van der Waals surface area contributed by atoms with Gasteiger partial charge in [0.2, 0.25) is 5.91 Å². The fourth-order valence-corrected chi connectivity index (χ4v) is 4.00. The van der Waals surface area contributed by atoms with Crippen molar-refractivity contribution in [2.45, 2.75) is 11.5 Å². The van der Waals surface area contributed by atoms with Gasteiger partial charge >= 0.3 is 0 Å². The minimum atomic E-state index is -0.337. The SMILES string of the molecule is COc1cc(/C=N\NC(=O)CSc2ccc(Cl)cc2)cc(Br)c1OCc1ccccc1F. The summed E-state index contributed by atoms with van der Waals surface area (Å²) < 4.78 is 25.6. The molecule has 3 aromatic rings. The minimum absolute atomic E-state index is 0.0520. The Labute approximate surface area is 203 Å². The molecule has 1 amide bonds. The number of nitrogens with zero attached hydrogens (tertiary/aromatic N) is 1. The summed E-state index contributed by atoms with van der Waals surface area (Å²) in [7, 11) is 1.51. The monoisotopic (exact) mass is 536 g/mol. The zero-order valence-electron chi connectivity index (χ0n) is 17.0. The molecule has 0 bridgehead atoms. The first-order valence-corrected chi connectivity index (χ1v) is 11.6. The Hall–Kier alpha value is -2.55. The van der Waals surface area contributed by atoms with Crippen molar-refractivity contribution in [1.82, 2.24) is 5.43 Å². The second kappa shape index (κ2) is 11.9. The van der Waals surface area contributed by atoms with Crippen LogP contribution < -0.4 is 14.9 Å². The third-order valence-electron chi connectivity index (χ3n) is 4.17. The number of methoxy groups -OCH3 is 1. The largest absolute Gasteiger partial charge is 0.493 e. The van der Waals surface area contributed by atoms with E-state index in [2.05, 4.69) is 26.5 Å². The molecular weight excluding hydrogens is 519 g/mol. The second-order valence-electron chi connectivity index (χ2n) is 6.45. The summed E-state index contributed by atoms with van der Waals surface area (Å²) in [4.78, 5) is 12.9. The number of hydrogen-bond acceptors (Lipinski definition) is 5. The van der Waals surface area contributed by atoms with E-state index in [0.717, 1.165) is 4.90 Å². The quantitative estimate of drug-likeness (QED) is 0.204. The lowest BCUT2D eigenvalue weighted by Crippen LogP contribution is -2.19. The molecule has 0 unspecified atom stereocenters. The molecule has 5 nitrogen and oxygen atoms in total. The van der Waals surface area contributed by atoms with Crippen LogP contribution in [0.4, 0.5) is 4.39 Å². The van der Waals surface area contributed by atoms with E-state index in [1.54, 1.807) is 42.5 Å². The van der Waals surface area contributed by atoms with Gasteiger partial charge in [0.1, 0.15) is 12.4 Å². The molecule has 0 aliphatic carbocycles. The Morgan fingerprint density at radius 3 is 2.69 bits per heavy atom. The van der Waals surface area contributed by atoms with E-state index in [-0.39, 0.29) is 24.1 Å². The molecule has 0 radical (unpaired) electrons. The van der Waals surface area contributed by atoms with E-state index in [9.17, 15) is 9.18 Å². The molecule has 9 heteroatoms. The van der Waals surface area contributed by atoms with Gasteiger partial charge in [-0.05, 0) is 64.0 Å². The van der Waals surface area contributed by atoms with E-state index >= 15 is 0 Å². The number of amides is 1. The number of halogens is 3. The minimum Gasteiger partial charge on any atom is -0.493 e. The maximum Gasteiger partial charge on any atom is 0.250 e. The third kappa shape index (κ3) is 6.98. The molecule has 0 aliphatic heterocycles. The van der Waals surface area contributed by atoms with E-state index in [4.69, 9.17) is 21.1 Å². The molecular formula is C23H19BrClFN2O3S. The summed E-state index contributed by atoms with van der Waals surface area (Å²) in [6.45, 7) is 0.0520. The van der Waals surface area contributed by atoms with Crippen LogP contribution in [0.1, 0.15) is 11.1 Å². The normalized spacial score (nSPS) is 10.9. The summed E-state index contributed by atoms with van der Waals surface area (Å²) in [6.07, 6.45) is 1.50. The number of rotatable bonds is 9. The Morgan fingerprint density at radius 1 is 1.22 bits per heavy atom. The number of ether oxygens (including phenoxy) is 2. The fraction of sp³-hybridized carbons (Fsp3) is 0.130. The summed E-state index contributed by atoms with van der Waals surface area (Å²) in [5.41, 5.74) is 3.61. The molecule has 0 aromatic heterocycles. The average Bonchev–Trinajstić information content (AvgIpc) is 2.78. The highest BCUT2D eigenvalue weighted by atomic mass is 79.9. The highest BCUT2D eigenvalue weighted by Crippen LogP contribution is 2.37. The van der Waals surface area contributed by atoms with E-state index in [1.807, 2.05) is 12.1 Å². The average molecular weight is 538 g/mol. The maximum atomic E-state index is 13.8. The van der Waals surface area contributed by atoms with E-state index in [1.165, 1.54) is 31.2 Å². The van der Waals surface area contributed by atoms with Crippen molar-refractivity contribution in [2.24, 2.45) is 5.10 Å². The topological polar surface area (TPSA) is 59.9 Å². The van der Waals surface area contributed by atoms with Gasteiger partial charge < -0.3 is 9.47 Å². The Morgan fingerprint density at radius 2 is 1.97 bits per heavy atom. The van der Waals surface area contributed by atoms with Crippen molar-refractivity contribution >= 4 is 51.4 Å². The molecule has 0 heterocycles. The van der Waals surface area contributed by atoms with Crippen LogP contribution in [0.3, 0.4) is 0 Å². The third-order valence-corrected chi connectivity index (χ3v) is 6.02. The first kappa shape index (κ1) is 24.1.